The quantitative estimate of drug-likeness (QED) is 0.944. The molecule has 0 saturated carbocycles. The summed E-state index contributed by atoms with van der Waals surface area (Å²) in [5.74, 6) is 0.0260. The first kappa shape index (κ1) is 16.7. The largest absolute Gasteiger partial charge is 0.389 e. The van der Waals surface area contributed by atoms with Crippen molar-refractivity contribution in [1.29, 1.82) is 0 Å². The minimum Gasteiger partial charge on any atom is -0.389 e. The molecule has 1 aliphatic heterocycles. The molecule has 0 unspecified atom stereocenters. The fourth-order valence-electron chi connectivity index (χ4n) is 3.37. The molecule has 1 aromatic heterocycles. The minimum absolute atomic E-state index is 0.0260. The van der Waals surface area contributed by atoms with E-state index < -0.39 is 5.60 Å². The van der Waals surface area contributed by atoms with Gasteiger partial charge in [0.05, 0.1) is 5.60 Å². The third-order valence-corrected chi connectivity index (χ3v) is 4.74. The Morgan fingerprint density at radius 2 is 1.96 bits per heavy atom. The van der Waals surface area contributed by atoms with E-state index >= 15 is 0 Å². The Kier molecular flexibility index (Phi) is 4.67. The first-order valence-electron chi connectivity index (χ1n) is 8.45. The van der Waals surface area contributed by atoms with Crippen LogP contribution in [0.1, 0.15) is 40.0 Å². The van der Waals surface area contributed by atoms with Gasteiger partial charge in [0, 0.05) is 37.0 Å². The topological polar surface area (TPSA) is 53.4 Å². The highest BCUT2D eigenvalue weighted by Crippen LogP contribution is 2.27. The van der Waals surface area contributed by atoms with Crippen molar-refractivity contribution < 1.29 is 9.90 Å². The molecule has 1 N–H and O–H groups in total. The summed E-state index contributed by atoms with van der Waals surface area (Å²) >= 11 is 0. The van der Waals surface area contributed by atoms with Crippen LogP contribution in [-0.2, 0) is 6.42 Å². The number of aromatic nitrogens is 1. The second kappa shape index (κ2) is 6.73. The number of carbonyl (C=O) groups is 1. The Morgan fingerprint density at radius 1 is 1.21 bits per heavy atom. The number of likely N-dealkylation sites (tertiary alicyclic amines) is 1. The van der Waals surface area contributed by atoms with Gasteiger partial charge in [0.2, 0.25) is 0 Å². The standard InChI is InChI=1S/C20H24N2O2/c1-15-4-3-5-17(12-15)14-20(24)7-10-22(11-8-20)19(23)18-6-9-21-16(2)13-18/h3-6,9,12-13,24H,7-8,10-11,14H2,1-2H3. The third kappa shape index (κ3) is 3.82. The molecule has 4 nitrogen and oxygen atoms in total. The van der Waals surface area contributed by atoms with Crippen LogP contribution in [0.2, 0.25) is 0 Å². The van der Waals surface area contributed by atoms with Crippen molar-refractivity contribution in [2.75, 3.05) is 13.1 Å². The minimum atomic E-state index is -0.723. The number of piperidine rings is 1. The number of pyridine rings is 1. The molecule has 0 bridgehead atoms. The lowest BCUT2D eigenvalue weighted by molar-refractivity contribution is -0.0162. The third-order valence-electron chi connectivity index (χ3n) is 4.74. The second-order valence-corrected chi connectivity index (χ2v) is 6.87. The Morgan fingerprint density at radius 3 is 2.62 bits per heavy atom. The fourth-order valence-corrected chi connectivity index (χ4v) is 3.37. The van der Waals surface area contributed by atoms with Crippen molar-refractivity contribution in [1.82, 2.24) is 9.88 Å². The normalized spacial score (nSPS) is 16.9. The highest BCUT2D eigenvalue weighted by molar-refractivity contribution is 5.94. The van der Waals surface area contributed by atoms with E-state index in [1.807, 2.05) is 24.0 Å². The van der Waals surface area contributed by atoms with Gasteiger partial charge in [-0.05, 0) is 44.4 Å². The fraction of sp³-hybridized carbons (Fsp3) is 0.400. The van der Waals surface area contributed by atoms with Gasteiger partial charge >= 0.3 is 0 Å². The molecule has 1 amide bonds. The van der Waals surface area contributed by atoms with Crippen molar-refractivity contribution in [3.05, 3.63) is 65.0 Å². The van der Waals surface area contributed by atoms with Gasteiger partial charge < -0.3 is 10.0 Å². The zero-order chi connectivity index (χ0) is 17.2. The molecule has 24 heavy (non-hydrogen) atoms. The van der Waals surface area contributed by atoms with Gasteiger partial charge in [-0.2, -0.15) is 0 Å². The van der Waals surface area contributed by atoms with Crippen LogP contribution in [0, 0.1) is 13.8 Å². The van der Waals surface area contributed by atoms with E-state index in [9.17, 15) is 9.90 Å². The maximum atomic E-state index is 12.6. The number of amides is 1. The van der Waals surface area contributed by atoms with Crippen molar-refractivity contribution in [3.8, 4) is 0 Å². The Balaban J connectivity index is 1.63. The van der Waals surface area contributed by atoms with Gasteiger partial charge in [0.25, 0.3) is 5.91 Å². The molecule has 2 heterocycles. The van der Waals surface area contributed by atoms with E-state index in [-0.39, 0.29) is 5.91 Å². The van der Waals surface area contributed by atoms with Gasteiger partial charge in [-0.25, -0.2) is 0 Å². The molecular weight excluding hydrogens is 300 g/mol. The van der Waals surface area contributed by atoms with Crippen LogP contribution in [0.15, 0.2) is 42.6 Å². The number of aliphatic hydroxyl groups is 1. The molecule has 126 valence electrons. The molecule has 1 saturated heterocycles. The summed E-state index contributed by atoms with van der Waals surface area (Å²) in [5, 5.41) is 10.9. The number of nitrogens with zero attached hydrogens (tertiary/aromatic N) is 2. The monoisotopic (exact) mass is 324 g/mol. The lowest BCUT2D eigenvalue weighted by atomic mass is 9.85. The van der Waals surface area contributed by atoms with Crippen LogP contribution < -0.4 is 0 Å². The number of carbonyl (C=O) groups excluding carboxylic acids is 1. The Hall–Kier alpha value is -2.20. The molecular formula is C20H24N2O2. The van der Waals surface area contributed by atoms with E-state index in [0.717, 1.165) is 11.3 Å². The van der Waals surface area contributed by atoms with Crippen molar-refractivity contribution >= 4 is 5.91 Å². The van der Waals surface area contributed by atoms with Gasteiger partial charge in [0.1, 0.15) is 0 Å². The zero-order valence-electron chi connectivity index (χ0n) is 14.3. The number of benzene rings is 1. The van der Waals surface area contributed by atoms with E-state index in [1.165, 1.54) is 5.56 Å². The van der Waals surface area contributed by atoms with Gasteiger partial charge in [0.15, 0.2) is 0 Å². The molecule has 1 aromatic carbocycles. The van der Waals surface area contributed by atoms with Crippen molar-refractivity contribution in [2.24, 2.45) is 0 Å². The summed E-state index contributed by atoms with van der Waals surface area (Å²) in [6.45, 7) is 5.12. The van der Waals surface area contributed by atoms with E-state index in [4.69, 9.17) is 0 Å². The smallest absolute Gasteiger partial charge is 0.253 e. The number of hydrogen-bond donors (Lipinski definition) is 1. The molecule has 2 aromatic rings. The molecule has 1 fully saturated rings. The summed E-state index contributed by atoms with van der Waals surface area (Å²) in [5.41, 5.74) is 3.15. The highest BCUT2D eigenvalue weighted by atomic mass is 16.3. The molecule has 0 atom stereocenters. The summed E-state index contributed by atoms with van der Waals surface area (Å²) in [4.78, 5) is 18.5. The van der Waals surface area contributed by atoms with Crippen LogP contribution in [0.3, 0.4) is 0 Å². The number of aryl methyl sites for hydroxylation is 2. The summed E-state index contributed by atoms with van der Waals surface area (Å²) < 4.78 is 0. The molecule has 3 rings (SSSR count). The number of hydrogen-bond acceptors (Lipinski definition) is 3. The first-order valence-corrected chi connectivity index (χ1v) is 8.45. The number of rotatable bonds is 3. The van der Waals surface area contributed by atoms with Crippen LogP contribution in [0.5, 0.6) is 0 Å². The lowest BCUT2D eigenvalue weighted by Gasteiger charge is -2.38. The predicted octanol–water partition coefficient (Wildman–Crippen LogP) is 2.91. The van der Waals surface area contributed by atoms with E-state index in [0.29, 0.717) is 37.9 Å². The second-order valence-electron chi connectivity index (χ2n) is 6.87. The van der Waals surface area contributed by atoms with Crippen molar-refractivity contribution in [3.63, 3.8) is 0 Å². The average Bonchev–Trinajstić information content (AvgIpc) is 2.54. The SMILES string of the molecule is Cc1cccc(CC2(O)CCN(C(=O)c3ccnc(C)c3)CC2)c1. The lowest BCUT2D eigenvalue weighted by Crippen LogP contribution is -2.47. The van der Waals surface area contributed by atoms with Crippen LogP contribution in [0.25, 0.3) is 0 Å². The van der Waals surface area contributed by atoms with Gasteiger partial charge in [-0.3, -0.25) is 9.78 Å². The van der Waals surface area contributed by atoms with Crippen LogP contribution in [-0.4, -0.2) is 39.6 Å². The summed E-state index contributed by atoms with van der Waals surface area (Å²) in [6, 6.07) is 11.8. The maximum absolute atomic E-state index is 12.6. The van der Waals surface area contributed by atoms with E-state index in [1.54, 1.807) is 12.3 Å². The first-order chi connectivity index (χ1) is 11.5. The summed E-state index contributed by atoms with van der Waals surface area (Å²) in [7, 11) is 0. The maximum Gasteiger partial charge on any atom is 0.253 e. The zero-order valence-corrected chi connectivity index (χ0v) is 14.3. The average molecular weight is 324 g/mol. The molecule has 0 spiro atoms. The van der Waals surface area contributed by atoms with Crippen molar-refractivity contribution in [2.45, 2.75) is 38.7 Å². The van der Waals surface area contributed by atoms with E-state index in [2.05, 4.69) is 30.1 Å². The molecule has 0 radical (unpaired) electrons. The highest BCUT2D eigenvalue weighted by Gasteiger charge is 2.34. The Bertz CT molecular complexity index is 734. The summed E-state index contributed by atoms with van der Waals surface area (Å²) in [6.07, 6.45) is 3.53. The molecule has 0 aliphatic carbocycles. The van der Waals surface area contributed by atoms with Crippen LogP contribution >= 0.6 is 0 Å². The molecule has 1 aliphatic rings. The van der Waals surface area contributed by atoms with Crippen LogP contribution in [0.4, 0.5) is 0 Å². The van der Waals surface area contributed by atoms with Gasteiger partial charge in [-0.15, -0.1) is 0 Å². The Labute approximate surface area is 143 Å². The predicted molar refractivity (Wildman–Crippen MR) is 93.9 cm³/mol. The molecule has 4 heteroatoms. The van der Waals surface area contributed by atoms with Gasteiger partial charge in [-0.1, -0.05) is 29.8 Å².